The molecule has 98 valence electrons. The second-order valence-corrected chi connectivity index (χ2v) is 6.77. The highest BCUT2D eigenvalue weighted by Crippen LogP contribution is 2.48. The highest BCUT2D eigenvalue weighted by Gasteiger charge is 2.45. The van der Waals surface area contributed by atoms with Gasteiger partial charge in [-0.1, -0.05) is 12.1 Å². The predicted molar refractivity (Wildman–Crippen MR) is 67.0 cm³/mol. The SMILES string of the molecule is CCOC(=O)[C@@H]1C[C@H]1c1ccc(S(=O)(=O)Cl)cc1. The molecule has 2 rings (SSSR count). The van der Waals surface area contributed by atoms with Crippen molar-refractivity contribution >= 4 is 25.7 Å². The minimum Gasteiger partial charge on any atom is -0.466 e. The Labute approximate surface area is 110 Å². The Bertz CT molecular complexity index is 550. The van der Waals surface area contributed by atoms with Gasteiger partial charge in [0.1, 0.15) is 0 Å². The van der Waals surface area contributed by atoms with Crippen molar-refractivity contribution in [2.75, 3.05) is 6.61 Å². The van der Waals surface area contributed by atoms with Gasteiger partial charge in [0.05, 0.1) is 17.4 Å². The summed E-state index contributed by atoms with van der Waals surface area (Å²) in [5.41, 5.74) is 0.942. The molecule has 4 nitrogen and oxygen atoms in total. The van der Waals surface area contributed by atoms with Crippen molar-refractivity contribution < 1.29 is 17.9 Å². The maximum Gasteiger partial charge on any atom is 0.309 e. The number of ether oxygens (including phenoxy) is 1. The molecule has 1 aromatic carbocycles. The maximum absolute atomic E-state index is 11.5. The second-order valence-electron chi connectivity index (χ2n) is 4.21. The van der Waals surface area contributed by atoms with E-state index in [4.69, 9.17) is 15.4 Å². The molecular weight excluding hydrogens is 276 g/mol. The molecule has 6 heteroatoms. The number of hydrogen-bond donors (Lipinski definition) is 0. The van der Waals surface area contributed by atoms with Crippen molar-refractivity contribution in [3.05, 3.63) is 29.8 Å². The summed E-state index contributed by atoms with van der Waals surface area (Å²) in [5, 5.41) is 0. The number of carbonyl (C=O) groups excluding carboxylic acids is 1. The van der Waals surface area contributed by atoms with Crippen molar-refractivity contribution in [2.45, 2.75) is 24.2 Å². The van der Waals surface area contributed by atoms with E-state index in [1.165, 1.54) is 12.1 Å². The number of hydrogen-bond acceptors (Lipinski definition) is 4. The normalized spacial score (nSPS) is 22.6. The Hall–Kier alpha value is -1.07. The fourth-order valence-corrected chi connectivity index (χ4v) is 2.72. The van der Waals surface area contributed by atoms with Gasteiger partial charge in [-0.05, 0) is 37.0 Å². The highest BCUT2D eigenvalue weighted by atomic mass is 35.7. The van der Waals surface area contributed by atoms with Gasteiger partial charge >= 0.3 is 5.97 Å². The molecule has 0 unspecified atom stereocenters. The van der Waals surface area contributed by atoms with Gasteiger partial charge in [0.2, 0.25) is 0 Å². The molecule has 1 fully saturated rings. The molecule has 1 saturated carbocycles. The van der Waals surface area contributed by atoms with Crippen molar-refractivity contribution in [3.63, 3.8) is 0 Å². The summed E-state index contributed by atoms with van der Waals surface area (Å²) in [5.74, 6) is -0.143. The van der Waals surface area contributed by atoms with Gasteiger partial charge in [0.25, 0.3) is 9.05 Å². The lowest BCUT2D eigenvalue weighted by Crippen LogP contribution is -2.07. The predicted octanol–water partition coefficient (Wildman–Crippen LogP) is 2.28. The molecule has 1 aromatic rings. The van der Waals surface area contributed by atoms with E-state index >= 15 is 0 Å². The van der Waals surface area contributed by atoms with Gasteiger partial charge in [-0.25, -0.2) is 8.42 Å². The first-order valence-corrected chi connectivity index (χ1v) is 7.95. The van der Waals surface area contributed by atoms with E-state index in [0.717, 1.165) is 12.0 Å². The number of halogens is 1. The molecule has 0 spiro atoms. The maximum atomic E-state index is 11.5. The van der Waals surface area contributed by atoms with Crippen LogP contribution >= 0.6 is 10.7 Å². The summed E-state index contributed by atoms with van der Waals surface area (Å²) in [6.07, 6.45) is 0.756. The van der Waals surface area contributed by atoms with Gasteiger partial charge in [-0.2, -0.15) is 0 Å². The minimum atomic E-state index is -3.68. The molecule has 0 amide bonds. The van der Waals surface area contributed by atoms with Crippen LogP contribution in [0.1, 0.15) is 24.8 Å². The largest absolute Gasteiger partial charge is 0.466 e. The third-order valence-electron chi connectivity index (χ3n) is 2.97. The van der Waals surface area contributed by atoms with Crippen molar-refractivity contribution in [3.8, 4) is 0 Å². The first-order valence-electron chi connectivity index (χ1n) is 5.64. The number of rotatable bonds is 4. The molecule has 0 radical (unpaired) electrons. The molecule has 1 aliphatic rings. The lowest BCUT2D eigenvalue weighted by Gasteiger charge is -2.02. The van der Waals surface area contributed by atoms with Crippen molar-refractivity contribution in [1.29, 1.82) is 0 Å². The number of carbonyl (C=O) groups is 1. The Morgan fingerprint density at radius 2 is 2.00 bits per heavy atom. The van der Waals surface area contributed by atoms with Crippen molar-refractivity contribution in [1.82, 2.24) is 0 Å². The minimum absolute atomic E-state index is 0.0706. The van der Waals surface area contributed by atoms with Crippen LogP contribution in [-0.2, 0) is 18.6 Å². The molecule has 0 heterocycles. The van der Waals surface area contributed by atoms with Crippen LogP contribution in [0.3, 0.4) is 0 Å². The van der Waals surface area contributed by atoms with Gasteiger partial charge in [-0.3, -0.25) is 4.79 Å². The summed E-state index contributed by atoms with van der Waals surface area (Å²) >= 11 is 0. The molecule has 1 aliphatic carbocycles. The summed E-state index contributed by atoms with van der Waals surface area (Å²) in [7, 11) is 1.54. The molecule has 0 saturated heterocycles. The summed E-state index contributed by atoms with van der Waals surface area (Å²) in [6.45, 7) is 2.15. The van der Waals surface area contributed by atoms with Gasteiger partial charge in [0, 0.05) is 10.7 Å². The first kappa shape index (κ1) is 13.4. The molecule has 0 aliphatic heterocycles. The summed E-state index contributed by atoms with van der Waals surface area (Å²) in [6, 6.07) is 6.30. The standard InChI is InChI=1S/C12H13ClO4S/c1-2-17-12(14)11-7-10(11)8-3-5-9(6-4-8)18(13,15)16/h3-6,10-11H,2,7H2,1H3/t10-,11+/m0/s1. The number of benzene rings is 1. The average Bonchev–Trinajstić information content (AvgIpc) is 3.08. The molecular formula is C12H13ClO4S. The zero-order valence-electron chi connectivity index (χ0n) is 9.80. The van der Waals surface area contributed by atoms with Crippen molar-refractivity contribution in [2.24, 2.45) is 5.92 Å². The smallest absolute Gasteiger partial charge is 0.309 e. The summed E-state index contributed by atoms with van der Waals surface area (Å²) in [4.78, 5) is 11.5. The van der Waals surface area contributed by atoms with Gasteiger partial charge < -0.3 is 4.74 Å². The van der Waals surface area contributed by atoms with Crippen LogP contribution in [-0.4, -0.2) is 21.0 Å². The molecule has 0 N–H and O–H groups in total. The number of esters is 1. The average molecular weight is 289 g/mol. The molecule has 0 aromatic heterocycles. The van der Waals surface area contributed by atoms with Crippen LogP contribution in [0.2, 0.25) is 0 Å². The van der Waals surface area contributed by atoms with E-state index in [-0.39, 0.29) is 22.7 Å². The Kier molecular flexibility index (Phi) is 3.64. The third-order valence-corrected chi connectivity index (χ3v) is 4.34. The van der Waals surface area contributed by atoms with E-state index < -0.39 is 9.05 Å². The Balaban J connectivity index is 2.07. The van der Waals surface area contributed by atoms with Crippen LogP contribution in [0.5, 0.6) is 0 Å². The zero-order valence-corrected chi connectivity index (χ0v) is 11.4. The second kappa shape index (κ2) is 4.90. The van der Waals surface area contributed by atoms with Gasteiger partial charge in [0.15, 0.2) is 0 Å². The van der Waals surface area contributed by atoms with Crippen LogP contribution in [0.15, 0.2) is 29.2 Å². The lowest BCUT2D eigenvalue weighted by atomic mass is 10.1. The fraction of sp³-hybridized carbons (Fsp3) is 0.417. The third kappa shape index (κ3) is 2.84. The quantitative estimate of drug-likeness (QED) is 0.630. The van der Waals surface area contributed by atoms with Gasteiger partial charge in [-0.15, -0.1) is 0 Å². The van der Waals surface area contributed by atoms with E-state index in [1.807, 2.05) is 0 Å². The Morgan fingerprint density at radius 3 is 2.50 bits per heavy atom. The monoisotopic (exact) mass is 288 g/mol. The zero-order chi connectivity index (χ0) is 13.3. The molecule has 18 heavy (non-hydrogen) atoms. The fourth-order valence-electron chi connectivity index (χ4n) is 1.95. The van der Waals surface area contributed by atoms with Crippen LogP contribution < -0.4 is 0 Å². The van der Waals surface area contributed by atoms with Crippen LogP contribution in [0.25, 0.3) is 0 Å². The van der Waals surface area contributed by atoms with E-state index in [9.17, 15) is 13.2 Å². The molecule has 0 bridgehead atoms. The Morgan fingerprint density at radius 1 is 1.39 bits per heavy atom. The highest BCUT2D eigenvalue weighted by molar-refractivity contribution is 8.13. The van der Waals surface area contributed by atoms with E-state index in [2.05, 4.69) is 0 Å². The van der Waals surface area contributed by atoms with E-state index in [1.54, 1.807) is 19.1 Å². The first-order chi connectivity index (χ1) is 8.43. The van der Waals surface area contributed by atoms with Crippen LogP contribution in [0, 0.1) is 5.92 Å². The summed E-state index contributed by atoms with van der Waals surface area (Å²) < 4.78 is 27.1. The lowest BCUT2D eigenvalue weighted by molar-refractivity contribution is -0.144. The van der Waals surface area contributed by atoms with E-state index in [0.29, 0.717) is 6.61 Å². The van der Waals surface area contributed by atoms with Crippen LogP contribution in [0.4, 0.5) is 0 Å². The topological polar surface area (TPSA) is 60.4 Å². The molecule has 2 atom stereocenters.